The van der Waals surface area contributed by atoms with Crippen LogP contribution in [-0.2, 0) is 17.8 Å². The maximum atomic E-state index is 12.6. The number of hydrogen-bond donors (Lipinski definition) is 1. The largest absolute Gasteiger partial charge is 0.460 e. The van der Waals surface area contributed by atoms with E-state index in [4.69, 9.17) is 16.0 Å². The topological polar surface area (TPSA) is 58.4 Å². The third-order valence-electron chi connectivity index (χ3n) is 6.94. The lowest BCUT2D eigenvalue weighted by molar-refractivity contribution is -0.123. The van der Waals surface area contributed by atoms with Crippen LogP contribution in [0.15, 0.2) is 65.2 Å². The van der Waals surface area contributed by atoms with Crippen LogP contribution in [-0.4, -0.2) is 35.4 Å². The van der Waals surface area contributed by atoms with Gasteiger partial charge in [-0.3, -0.25) is 14.7 Å². The predicted molar refractivity (Wildman–Crippen MR) is 125 cm³/mol. The molecule has 166 valence electrons. The number of carbonyl (C=O) groups excluding carboxylic acids is 1. The van der Waals surface area contributed by atoms with Crippen LogP contribution in [0.25, 0.3) is 11.3 Å². The van der Waals surface area contributed by atoms with Crippen molar-refractivity contribution in [2.45, 2.75) is 32.2 Å². The predicted octanol–water partition coefficient (Wildman–Crippen LogP) is 4.96. The molecule has 2 aliphatic rings. The molecule has 1 saturated carbocycles. The Balaban J connectivity index is 1.08. The Kier molecular flexibility index (Phi) is 6.03. The molecule has 5 nitrogen and oxygen atoms in total. The molecule has 5 rings (SSSR count). The summed E-state index contributed by atoms with van der Waals surface area (Å²) in [5.41, 5.74) is 2.15. The second-order valence-electron chi connectivity index (χ2n) is 9.00. The zero-order valence-corrected chi connectivity index (χ0v) is 18.9. The molecule has 1 saturated heterocycles. The number of likely N-dealkylation sites (tertiary alicyclic amines) is 1. The monoisotopic (exact) mass is 449 g/mol. The van der Waals surface area contributed by atoms with Gasteiger partial charge in [0.05, 0.1) is 11.6 Å². The van der Waals surface area contributed by atoms with Crippen LogP contribution in [0, 0.1) is 11.3 Å². The van der Waals surface area contributed by atoms with Gasteiger partial charge in [0.2, 0.25) is 5.91 Å². The maximum absolute atomic E-state index is 12.6. The van der Waals surface area contributed by atoms with E-state index in [0.717, 1.165) is 68.1 Å². The molecular formula is C26H28ClN3O2. The van der Waals surface area contributed by atoms with Crippen LogP contribution in [0.3, 0.4) is 0 Å². The number of hydrogen-bond acceptors (Lipinski definition) is 4. The Labute approximate surface area is 193 Å². The van der Waals surface area contributed by atoms with Crippen LogP contribution in [0.4, 0.5) is 0 Å². The first-order valence-electron chi connectivity index (χ1n) is 11.4. The summed E-state index contributed by atoms with van der Waals surface area (Å²) in [6.45, 7) is 3.45. The van der Waals surface area contributed by atoms with Crippen molar-refractivity contribution in [1.82, 2.24) is 15.2 Å². The van der Waals surface area contributed by atoms with E-state index in [2.05, 4.69) is 15.2 Å². The Hall–Kier alpha value is -2.63. The van der Waals surface area contributed by atoms with E-state index in [1.165, 1.54) is 0 Å². The van der Waals surface area contributed by atoms with Crippen LogP contribution < -0.4 is 5.32 Å². The van der Waals surface area contributed by atoms with Crippen molar-refractivity contribution in [3.63, 3.8) is 0 Å². The van der Waals surface area contributed by atoms with Crippen molar-refractivity contribution in [2.24, 2.45) is 11.3 Å². The minimum absolute atomic E-state index is 0.170. The number of amides is 1. The SMILES string of the molecule is O=C(NCCc1ccccn1)C1CC12CCN(Cc1ccc(-c3ccccc3Cl)o1)CC2. The van der Waals surface area contributed by atoms with Crippen LogP contribution in [0.1, 0.15) is 30.7 Å². The highest BCUT2D eigenvalue weighted by molar-refractivity contribution is 6.33. The first kappa shape index (κ1) is 21.2. The zero-order valence-electron chi connectivity index (χ0n) is 18.1. The van der Waals surface area contributed by atoms with Crippen molar-refractivity contribution < 1.29 is 9.21 Å². The fourth-order valence-corrected chi connectivity index (χ4v) is 5.13. The summed E-state index contributed by atoms with van der Waals surface area (Å²) < 4.78 is 6.07. The molecule has 1 unspecified atom stereocenters. The van der Waals surface area contributed by atoms with Gasteiger partial charge in [0.1, 0.15) is 11.5 Å². The highest BCUT2D eigenvalue weighted by atomic mass is 35.5. The molecule has 1 aromatic carbocycles. The Morgan fingerprint density at radius 3 is 2.72 bits per heavy atom. The van der Waals surface area contributed by atoms with E-state index in [1.54, 1.807) is 6.20 Å². The van der Waals surface area contributed by atoms with Gasteiger partial charge in [0.15, 0.2) is 0 Å². The third kappa shape index (κ3) is 4.59. The number of nitrogens with one attached hydrogen (secondary N) is 1. The maximum Gasteiger partial charge on any atom is 0.223 e. The van der Waals surface area contributed by atoms with Crippen molar-refractivity contribution in [3.8, 4) is 11.3 Å². The Morgan fingerprint density at radius 1 is 1.12 bits per heavy atom. The minimum Gasteiger partial charge on any atom is -0.460 e. The van der Waals surface area contributed by atoms with Gasteiger partial charge in [-0.1, -0.05) is 29.8 Å². The van der Waals surface area contributed by atoms with Gasteiger partial charge in [0.25, 0.3) is 0 Å². The summed E-state index contributed by atoms with van der Waals surface area (Å²) in [6, 6.07) is 17.7. The molecule has 3 aromatic rings. The average Bonchev–Trinajstić information content (AvgIpc) is 3.32. The second-order valence-corrected chi connectivity index (χ2v) is 9.41. The number of piperidine rings is 1. The van der Waals surface area contributed by atoms with Gasteiger partial charge in [-0.25, -0.2) is 0 Å². The molecule has 1 aliphatic heterocycles. The van der Waals surface area contributed by atoms with Gasteiger partial charge in [-0.05, 0) is 74.2 Å². The fraction of sp³-hybridized carbons (Fsp3) is 0.385. The van der Waals surface area contributed by atoms with E-state index >= 15 is 0 Å². The lowest BCUT2D eigenvalue weighted by Crippen LogP contribution is -2.37. The summed E-state index contributed by atoms with van der Waals surface area (Å²) in [5, 5.41) is 3.82. The molecule has 3 heterocycles. The number of carbonyl (C=O) groups is 1. The van der Waals surface area contributed by atoms with Crippen LogP contribution >= 0.6 is 11.6 Å². The second kappa shape index (κ2) is 9.08. The number of halogens is 1. The van der Waals surface area contributed by atoms with Gasteiger partial charge in [-0.15, -0.1) is 0 Å². The van der Waals surface area contributed by atoms with Crippen LogP contribution in [0.2, 0.25) is 5.02 Å². The van der Waals surface area contributed by atoms with E-state index in [-0.39, 0.29) is 17.2 Å². The quantitative estimate of drug-likeness (QED) is 0.554. The first-order valence-corrected chi connectivity index (χ1v) is 11.7. The standard InChI is InChI=1S/C26H28ClN3O2/c27-23-7-2-1-6-21(23)24-9-8-20(32-24)18-30-15-11-26(12-16-30)17-22(26)25(31)29-14-10-19-5-3-4-13-28-19/h1-9,13,22H,10-12,14-18H2,(H,29,31). The summed E-state index contributed by atoms with van der Waals surface area (Å²) >= 11 is 6.29. The average molecular weight is 450 g/mol. The number of nitrogens with zero attached hydrogens (tertiary/aromatic N) is 2. The summed E-state index contributed by atoms with van der Waals surface area (Å²) in [5.74, 6) is 2.15. The van der Waals surface area contributed by atoms with Crippen molar-refractivity contribution >= 4 is 17.5 Å². The van der Waals surface area contributed by atoms with Crippen molar-refractivity contribution in [3.05, 3.63) is 77.3 Å². The molecule has 0 bridgehead atoms. The number of furan rings is 1. The normalized spacial score (nSPS) is 19.7. The molecule has 0 radical (unpaired) electrons. The lowest BCUT2D eigenvalue weighted by Gasteiger charge is -2.32. The molecule has 1 spiro atoms. The molecule has 1 aliphatic carbocycles. The Bertz CT molecular complexity index is 1070. The molecule has 2 aromatic heterocycles. The fourth-order valence-electron chi connectivity index (χ4n) is 4.90. The van der Waals surface area contributed by atoms with E-state index < -0.39 is 0 Å². The zero-order chi connectivity index (χ0) is 22.0. The van der Waals surface area contributed by atoms with Crippen LogP contribution in [0.5, 0.6) is 0 Å². The Morgan fingerprint density at radius 2 is 1.94 bits per heavy atom. The smallest absolute Gasteiger partial charge is 0.223 e. The van der Waals surface area contributed by atoms with Gasteiger partial charge in [0, 0.05) is 36.3 Å². The summed E-state index contributed by atoms with van der Waals surface area (Å²) in [6.07, 6.45) is 5.74. The lowest BCUT2D eigenvalue weighted by atomic mass is 9.90. The van der Waals surface area contributed by atoms with E-state index in [0.29, 0.717) is 11.6 Å². The number of rotatable bonds is 7. The molecule has 32 heavy (non-hydrogen) atoms. The highest BCUT2D eigenvalue weighted by Crippen LogP contribution is 2.59. The number of aromatic nitrogens is 1. The van der Waals surface area contributed by atoms with Gasteiger partial charge < -0.3 is 9.73 Å². The van der Waals surface area contributed by atoms with E-state index in [9.17, 15) is 4.79 Å². The number of pyridine rings is 1. The summed E-state index contributed by atoms with van der Waals surface area (Å²) in [7, 11) is 0. The molecule has 2 fully saturated rings. The molecule has 1 atom stereocenters. The summed E-state index contributed by atoms with van der Waals surface area (Å²) in [4.78, 5) is 19.4. The third-order valence-corrected chi connectivity index (χ3v) is 7.27. The van der Waals surface area contributed by atoms with Gasteiger partial charge in [-0.2, -0.15) is 0 Å². The van der Waals surface area contributed by atoms with Crippen molar-refractivity contribution in [1.29, 1.82) is 0 Å². The molecule has 6 heteroatoms. The first-order chi connectivity index (χ1) is 15.6. The molecular weight excluding hydrogens is 422 g/mol. The molecule has 1 N–H and O–H groups in total. The minimum atomic E-state index is 0.170. The number of benzene rings is 1. The molecule has 1 amide bonds. The van der Waals surface area contributed by atoms with E-state index in [1.807, 2.05) is 54.6 Å². The van der Waals surface area contributed by atoms with Crippen molar-refractivity contribution in [2.75, 3.05) is 19.6 Å². The highest BCUT2D eigenvalue weighted by Gasteiger charge is 2.58. The van der Waals surface area contributed by atoms with Gasteiger partial charge >= 0.3 is 0 Å².